The zero-order chi connectivity index (χ0) is 32.5. The van der Waals surface area contributed by atoms with Crippen LogP contribution in [-0.2, 0) is 16.0 Å². The van der Waals surface area contributed by atoms with E-state index >= 15 is 0 Å². The third-order valence-electron chi connectivity index (χ3n) is 9.09. The molecule has 0 saturated carbocycles. The molecule has 1 unspecified atom stereocenters. The van der Waals surface area contributed by atoms with Crippen molar-refractivity contribution in [3.05, 3.63) is 75.6 Å². The second-order valence-electron chi connectivity index (χ2n) is 12.1. The minimum Gasteiger partial charge on any atom is -0.510 e. The average Bonchev–Trinajstić information content (AvgIpc) is 3.40. The number of hydrogen-bond donors (Lipinski definition) is 4. The van der Waals surface area contributed by atoms with Crippen molar-refractivity contribution in [1.29, 1.82) is 0 Å². The number of aromatic nitrogens is 1. The summed E-state index contributed by atoms with van der Waals surface area (Å²) in [4.78, 5) is 48.2. The zero-order valence-corrected chi connectivity index (χ0v) is 25.5. The highest BCUT2D eigenvalue weighted by Gasteiger charge is 2.63. The number of carbonyl (C=O) groups is 3. The molecule has 0 spiro atoms. The number of ether oxygens (including phenoxy) is 1. The number of aliphatic hydroxyl groups is 3. The number of nitrogens with zero attached hydrogens (tertiary/aromatic N) is 3. The van der Waals surface area contributed by atoms with Crippen LogP contribution in [0.4, 0.5) is 5.69 Å². The SMILES string of the molecule is COc1cccc(/C=C/c2nc3cc(N(C)C)c4c(c3o2)C(=O)C2=C(O)C3(O)C(=O)C(C(N)=O)=C(O)[C@@H](N(C)C)[C@@H]3C[C@@H]2C4)c1. The lowest BCUT2D eigenvalue weighted by Crippen LogP contribution is -2.63. The van der Waals surface area contributed by atoms with Crippen LogP contribution in [0.5, 0.6) is 5.75 Å². The summed E-state index contributed by atoms with van der Waals surface area (Å²) in [6.07, 6.45) is 3.80. The van der Waals surface area contributed by atoms with E-state index < -0.39 is 58.0 Å². The summed E-state index contributed by atoms with van der Waals surface area (Å²) in [5.41, 5.74) is 4.86. The van der Waals surface area contributed by atoms with Crippen molar-refractivity contribution in [1.82, 2.24) is 9.88 Å². The van der Waals surface area contributed by atoms with E-state index in [1.165, 1.54) is 0 Å². The lowest BCUT2D eigenvalue weighted by Gasteiger charge is -2.50. The molecule has 0 bridgehead atoms. The van der Waals surface area contributed by atoms with Gasteiger partial charge in [0.2, 0.25) is 11.7 Å². The van der Waals surface area contributed by atoms with E-state index in [-0.39, 0.29) is 35.5 Å². The van der Waals surface area contributed by atoms with Crippen molar-refractivity contribution < 1.29 is 38.9 Å². The molecule has 4 atom stereocenters. The lowest BCUT2D eigenvalue weighted by molar-refractivity contribution is -0.148. The number of rotatable bonds is 6. The van der Waals surface area contributed by atoms with Gasteiger partial charge < -0.3 is 35.1 Å². The Bertz CT molecular complexity index is 1880. The smallest absolute Gasteiger partial charge is 0.255 e. The molecule has 2 aromatic carbocycles. The topological polar surface area (TPSA) is 180 Å². The molecule has 0 aliphatic heterocycles. The predicted molar refractivity (Wildman–Crippen MR) is 166 cm³/mol. The first kappa shape index (κ1) is 30.1. The van der Waals surface area contributed by atoms with Crippen molar-refractivity contribution in [2.45, 2.75) is 24.5 Å². The molecule has 12 heteroatoms. The van der Waals surface area contributed by atoms with Crippen molar-refractivity contribution in [2.75, 3.05) is 40.2 Å². The summed E-state index contributed by atoms with van der Waals surface area (Å²) in [5.74, 6) is -5.28. The summed E-state index contributed by atoms with van der Waals surface area (Å²) in [6, 6.07) is 8.22. The molecule has 3 aliphatic carbocycles. The number of benzene rings is 2. The average molecular weight is 615 g/mol. The second-order valence-corrected chi connectivity index (χ2v) is 12.1. The Morgan fingerprint density at radius 1 is 1.16 bits per heavy atom. The third-order valence-corrected chi connectivity index (χ3v) is 9.09. The lowest BCUT2D eigenvalue weighted by atomic mass is 9.58. The summed E-state index contributed by atoms with van der Waals surface area (Å²) in [6.45, 7) is 0. The molecule has 234 valence electrons. The molecule has 1 amide bonds. The number of methoxy groups -OCH3 is 1. The van der Waals surface area contributed by atoms with Gasteiger partial charge in [0.25, 0.3) is 5.91 Å². The first-order chi connectivity index (χ1) is 21.3. The van der Waals surface area contributed by atoms with Gasteiger partial charge in [-0.1, -0.05) is 12.1 Å². The number of oxazole rings is 1. The number of nitrogens with two attached hydrogens (primary N) is 1. The molecule has 5 N–H and O–H groups in total. The molecule has 1 heterocycles. The summed E-state index contributed by atoms with van der Waals surface area (Å²) in [7, 11) is 8.48. The summed E-state index contributed by atoms with van der Waals surface area (Å²) >= 11 is 0. The third kappa shape index (κ3) is 4.43. The molecule has 6 rings (SSSR count). The Hall–Kier alpha value is -4.94. The van der Waals surface area contributed by atoms with Crippen LogP contribution in [0.3, 0.4) is 0 Å². The first-order valence-electron chi connectivity index (χ1n) is 14.4. The Labute approximate surface area is 258 Å². The largest absolute Gasteiger partial charge is 0.510 e. The van der Waals surface area contributed by atoms with E-state index in [0.29, 0.717) is 16.8 Å². The second kappa shape index (κ2) is 10.6. The molecule has 0 saturated heterocycles. The maximum atomic E-state index is 14.4. The van der Waals surface area contributed by atoms with E-state index in [1.807, 2.05) is 49.3 Å². The van der Waals surface area contributed by atoms with Crippen molar-refractivity contribution >= 4 is 46.4 Å². The van der Waals surface area contributed by atoms with Gasteiger partial charge in [0.15, 0.2) is 17.0 Å². The molecule has 0 fully saturated rings. The van der Waals surface area contributed by atoms with Crippen LogP contribution in [0.25, 0.3) is 23.3 Å². The van der Waals surface area contributed by atoms with Gasteiger partial charge in [-0.3, -0.25) is 19.3 Å². The Morgan fingerprint density at radius 3 is 2.53 bits per heavy atom. The monoisotopic (exact) mass is 614 g/mol. The maximum Gasteiger partial charge on any atom is 0.255 e. The highest BCUT2D eigenvalue weighted by molar-refractivity contribution is 6.25. The highest BCUT2D eigenvalue weighted by Crippen LogP contribution is 2.53. The van der Waals surface area contributed by atoms with Gasteiger partial charge >= 0.3 is 0 Å². The van der Waals surface area contributed by atoms with Gasteiger partial charge in [-0.15, -0.1) is 0 Å². The number of primary amides is 1. The number of anilines is 1. The zero-order valence-electron chi connectivity index (χ0n) is 25.5. The molecule has 3 aliphatic rings. The number of likely N-dealkylation sites (N-methyl/N-ethyl adjacent to an activating group) is 1. The van der Waals surface area contributed by atoms with E-state index in [0.717, 1.165) is 11.3 Å². The number of Topliss-reactive ketones (excluding diaryl/α,β-unsaturated/α-hetero) is 2. The minimum atomic E-state index is -2.66. The van der Waals surface area contributed by atoms with Crippen LogP contribution in [0.1, 0.15) is 33.8 Å². The minimum absolute atomic E-state index is 0.0571. The molecule has 12 nitrogen and oxygen atoms in total. The van der Waals surface area contributed by atoms with Crippen LogP contribution in [-0.4, -0.2) is 89.6 Å². The maximum absolute atomic E-state index is 14.4. The van der Waals surface area contributed by atoms with Crippen LogP contribution >= 0.6 is 0 Å². The van der Waals surface area contributed by atoms with E-state index in [1.54, 1.807) is 38.3 Å². The van der Waals surface area contributed by atoms with Gasteiger partial charge in [-0.2, -0.15) is 0 Å². The van der Waals surface area contributed by atoms with Crippen LogP contribution < -0.4 is 15.4 Å². The summed E-state index contributed by atoms with van der Waals surface area (Å²) < 4.78 is 11.4. The molecule has 3 aromatic rings. The van der Waals surface area contributed by atoms with Gasteiger partial charge in [-0.25, -0.2) is 4.98 Å². The Balaban J connectivity index is 1.51. The number of fused-ring (bicyclic) bond motifs is 5. The fraction of sp³-hybridized carbons (Fsp3) is 0.333. The molecule has 0 radical (unpaired) electrons. The standard InChI is InChI=1S/C33H34N4O8/c1-36(2)21-14-20-29(45-22(35-20)10-9-15-7-6-8-17(11-15)44-5)24-18(21)12-16-13-19-26(37(3)4)28(39)25(32(34)42)31(41)33(19,43)30(40)23(16)27(24)38/h6-11,14,16,19,26,39-40,43H,12-13H2,1-5H3,(H2,34,42)/b10-9+/t16-,19-,26-,33?/m0/s1. The Morgan fingerprint density at radius 2 is 1.89 bits per heavy atom. The van der Waals surface area contributed by atoms with Crippen LogP contribution in [0, 0.1) is 11.8 Å². The Kier molecular flexibility index (Phi) is 7.09. The number of aliphatic hydroxyl groups excluding tert-OH is 2. The number of amides is 1. The van der Waals surface area contributed by atoms with E-state index in [4.69, 9.17) is 14.9 Å². The van der Waals surface area contributed by atoms with Gasteiger partial charge in [0, 0.05) is 37.3 Å². The molecule has 1 aromatic heterocycles. The highest BCUT2D eigenvalue weighted by atomic mass is 16.5. The quantitative estimate of drug-likeness (QED) is 0.300. The van der Waals surface area contributed by atoms with E-state index in [2.05, 4.69) is 4.98 Å². The number of ketones is 2. The number of allylic oxidation sites excluding steroid dienone is 1. The van der Waals surface area contributed by atoms with Gasteiger partial charge in [-0.05, 0) is 68.3 Å². The van der Waals surface area contributed by atoms with Crippen molar-refractivity contribution in [3.8, 4) is 5.75 Å². The summed E-state index contributed by atoms with van der Waals surface area (Å²) in [5, 5.41) is 34.5. The van der Waals surface area contributed by atoms with Gasteiger partial charge in [0.05, 0.1) is 18.7 Å². The first-order valence-corrected chi connectivity index (χ1v) is 14.4. The molecule has 45 heavy (non-hydrogen) atoms. The van der Waals surface area contributed by atoms with Crippen LogP contribution in [0.2, 0.25) is 0 Å². The molecular weight excluding hydrogens is 580 g/mol. The fourth-order valence-corrected chi connectivity index (χ4v) is 7.09. The van der Waals surface area contributed by atoms with Crippen molar-refractivity contribution in [2.24, 2.45) is 17.6 Å². The van der Waals surface area contributed by atoms with Gasteiger partial charge in [0.1, 0.15) is 28.4 Å². The number of hydrogen-bond acceptors (Lipinski definition) is 11. The van der Waals surface area contributed by atoms with Crippen molar-refractivity contribution in [3.63, 3.8) is 0 Å². The predicted octanol–water partition coefficient (Wildman–Crippen LogP) is 2.80. The molecular formula is C33H34N4O8. The normalized spacial score (nSPS) is 24.7. The fourth-order valence-electron chi connectivity index (χ4n) is 7.09. The number of carbonyl (C=O) groups excluding carboxylic acids is 3. The van der Waals surface area contributed by atoms with Crippen LogP contribution in [0.15, 0.2) is 57.4 Å². The van der Waals surface area contributed by atoms with E-state index in [9.17, 15) is 29.7 Å².